The molecule has 2 N–H and O–H groups in total. The van der Waals surface area contributed by atoms with Crippen molar-refractivity contribution in [2.45, 2.75) is 58.5 Å². The zero-order valence-corrected chi connectivity index (χ0v) is 18.2. The Morgan fingerprint density at radius 2 is 1.91 bits per heavy atom. The molecule has 0 saturated carbocycles. The van der Waals surface area contributed by atoms with Crippen molar-refractivity contribution in [2.75, 3.05) is 10.2 Å². The number of anilines is 2. The fourth-order valence-electron chi connectivity index (χ4n) is 3.19. The summed E-state index contributed by atoms with van der Waals surface area (Å²) in [5.41, 5.74) is -0.811. The smallest absolute Gasteiger partial charge is 0.434 e. The lowest BCUT2D eigenvalue weighted by molar-refractivity contribution is -0.141. The number of halogens is 3. The molecule has 1 aromatic heterocycles. The van der Waals surface area contributed by atoms with E-state index in [-0.39, 0.29) is 5.69 Å². The van der Waals surface area contributed by atoms with E-state index in [2.05, 4.69) is 20.6 Å². The Labute approximate surface area is 183 Å². The molecule has 0 bridgehead atoms. The van der Waals surface area contributed by atoms with Crippen molar-refractivity contribution in [1.29, 1.82) is 0 Å². The molecule has 1 aromatic carbocycles. The molecule has 172 valence electrons. The zero-order chi connectivity index (χ0) is 23.8. The minimum absolute atomic E-state index is 0.0139. The number of aromatic nitrogens is 2. The molecular weight excluding hydrogens is 427 g/mol. The van der Waals surface area contributed by atoms with Crippen LogP contribution in [0.5, 0.6) is 5.75 Å². The van der Waals surface area contributed by atoms with Gasteiger partial charge in [0, 0.05) is 17.3 Å². The van der Waals surface area contributed by atoms with E-state index in [4.69, 9.17) is 4.74 Å². The van der Waals surface area contributed by atoms with Crippen LogP contribution in [0.15, 0.2) is 30.6 Å². The summed E-state index contributed by atoms with van der Waals surface area (Å²) in [4.78, 5) is 33.6. The predicted octanol–water partition coefficient (Wildman–Crippen LogP) is 4.29. The number of nitrogens with zero attached hydrogens (tertiary/aromatic N) is 3. The average molecular weight is 451 g/mol. The molecule has 2 aromatic rings. The second-order valence-corrected chi connectivity index (χ2v) is 8.48. The van der Waals surface area contributed by atoms with E-state index < -0.39 is 41.5 Å². The van der Waals surface area contributed by atoms with Gasteiger partial charge in [0.25, 0.3) is 5.91 Å². The molecule has 2 atom stereocenters. The van der Waals surface area contributed by atoms with E-state index in [0.717, 1.165) is 0 Å². The highest BCUT2D eigenvalue weighted by Gasteiger charge is 2.38. The molecule has 0 radical (unpaired) electrons. The Hall–Kier alpha value is -3.37. The van der Waals surface area contributed by atoms with Gasteiger partial charge in [0.05, 0.1) is 29.8 Å². The summed E-state index contributed by atoms with van der Waals surface area (Å²) in [6.45, 7) is 8.62. The van der Waals surface area contributed by atoms with E-state index in [1.165, 1.54) is 18.0 Å². The molecule has 3 amide bonds. The molecule has 3 rings (SSSR count). The Kier molecular flexibility index (Phi) is 6.03. The van der Waals surface area contributed by atoms with Crippen LogP contribution >= 0.6 is 0 Å². The highest BCUT2D eigenvalue weighted by Crippen LogP contribution is 2.40. The third kappa shape index (κ3) is 5.09. The van der Waals surface area contributed by atoms with Gasteiger partial charge in [-0.05, 0) is 46.8 Å². The molecule has 32 heavy (non-hydrogen) atoms. The van der Waals surface area contributed by atoms with Gasteiger partial charge < -0.3 is 15.4 Å². The number of rotatable bonds is 3. The van der Waals surface area contributed by atoms with E-state index in [0.29, 0.717) is 23.3 Å². The lowest BCUT2D eigenvalue weighted by Crippen LogP contribution is -2.46. The van der Waals surface area contributed by atoms with Crippen LogP contribution in [-0.4, -0.2) is 33.5 Å². The van der Waals surface area contributed by atoms with E-state index in [9.17, 15) is 22.8 Å². The molecule has 1 aliphatic heterocycles. The van der Waals surface area contributed by atoms with Crippen LogP contribution < -0.4 is 20.3 Å². The summed E-state index contributed by atoms with van der Waals surface area (Å²) >= 11 is 0. The number of nitrogens with one attached hydrogen (secondary N) is 2. The van der Waals surface area contributed by atoms with Gasteiger partial charge in [-0.1, -0.05) is 0 Å². The van der Waals surface area contributed by atoms with Gasteiger partial charge in [-0.3, -0.25) is 14.7 Å². The fraction of sp³-hybridized carbons (Fsp3) is 0.429. The van der Waals surface area contributed by atoms with Crippen LogP contribution in [0, 0.1) is 0 Å². The summed E-state index contributed by atoms with van der Waals surface area (Å²) < 4.78 is 44.9. The number of amides is 3. The number of carbonyl (C=O) groups is 2. The Balaban J connectivity index is 1.92. The van der Waals surface area contributed by atoms with E-state index in [1.54, 1.807) is 25.1 Å². The quantitative estimate of drug-likeness (QED) is 0.726. The lowest BCUT2D eigenvalue weighted by atomic mass is 10.1. The maximum atomic E-state index is 13.1. The first-order valence-electron chi connectivity index (χ1n) is 9.88. The van der Waals surface area contributed by atoms with Crippen LogP contribution in [-0.2, 0) is 11.0 Å². The molecule has 8 nitrogen and oxygen atoms in total. The van der Waals surface area contributed by atoms with Crippen molar-refractivity contribution >= 4 is 23.3 Å². The number of fused-ring (bicyclic) bond motifs is 1. The number of carbonyl (C=O) groups excluding carboxylic acids is 2. The molecule has 0 aliphatic carbocycles. The molecule has 0 spiro atoms. The normalized spacial score (nSPS) is 17.3. The second kappa shape index (κ2) is 8.29. The largest absolute Gasteiger partial charge is 0.479 e. The highest BCUT2D eigenvalue weighted by atomic mass is 19.4. The first-order chi connectivity index (χ1) is 14.8. The third-order valence-electron chi connectivity index (χ3n) is 4.61. The zero-order valence-electron chi connectivity index (χ0n) is 18.2. The fourth-order valence-corrected chi connectivity index (χ4v) is 3.19. The van der Waals surface area contributed by atoms with Crippen molar-refractivity contribution in [1.82, 2.24) is 15.3 Å². The van der Waals surface area contributed by atoms with Crippen molar-refractivity contribution in [2.24, 2.45) is 0 Å². The van der Waals surface area contributed by atoms with Crippen LogP contribution in [0.4, 0.5) is 29.3 Å². The number of urea groups is 1. The van der Waals surface area contributed by atoms with Gasteiger partial charge in [0.1, 0.15) is 5.75 Å². The third-order valence-corrected chi connectivity index (χ3v) is 4.61. The number of hydrogen-bond acceptors (Lipinski definition) is 5. The second-order valence-electron chi connectivity index (χ2n) is 8.48. The topological polar surface area (TPSA) is 96.5 Å². The Bertz CT molecular complexity index is 1040. The SMILES string of the molecule is C[C@H]1Oc2cc(NC(=O)NC(C)(C)C)ccc2N([C@@H](C)c2cncc(C(F)(F)F)n2)C1=O. The molecule has 0 saturated heterocycles. The van der Waals surface area contributed by atoms with Gasteiger partial charge in [-0.15, -0.1) is 0 Å². The number of ether oxygens (including phenoxy) is 1. The Morgan fingerprint density at radius 1 is 1.22 bits per heavy atom. The van der Waals surface area contributed by atoms with Gasteiger partial charge in [-0.2, -0.15) is 13.2 Å². The summed E-state index contributed by atoms with van der Waals surface area (Å²) in [7, 11) is 0. The maximum absolute atomic E-state index is 13.1. The van der Waals surface area contributed by atoms with E-state index in [1.807, 2.05) is 20.8 Å². The molecule has 1 aliphatic rings. The standard InChI is InChI=1S/C21H24F3N5O3/c1-11(14-9-25-10-17(27-14)21(22,23)24)29-15-7-6-13(26-19(31)28-20(3,4)5)8-16(15)32-12(2)18(29)30/h6-12H,1-5H3,(H2,26,28,31)/t11-,12+/m0/s1. The van der Waals surface area contributed by atoms with Crippen LogP contribution in [0.2, 0.25) is 0 Å². The molecular formula is C21H24F3N5O3. The Morgan fingerprint density at radius 3 is 2.53 bits per heavy atom. The summed E-state index contributed by atoms with van der Waals surface area (Å²) in [6.07, 6.45) is -3.71. The maximum Gasteiger partial charge on any atom is 0.434 e. The first kappa shape index (κ1) is 23.3. The van der Waals surface area contributed by atoms with Crippen molar-refractivity contribution in [3.05, 3.63) is 42.0 Å². The molecule has 0 fully saturated rings. The van der Waals surface area contributed by atoms with Gasteiger partial charge in [0.2, 0.25) is 0 Å². The highest BCUT2D eigenvalue weighted by molar-refractivity contribution is 6.01. The number of alkyl halides is 3. The molecule has 0 unspecified atom stereocenters. The number of benzene rings is 1. The predicted molar refractivity (Wildman–Crippen MR) is 111 cm³/mol. The van der Waals surface area contributed by atoms with Crippen molar-refractivity contribution < 1.29 is 27.5 Å². The summed E-state index contributed by atoms with van der Waals surface area (Å²) in [5.74, 6) is -0.132. The summed E-state index contributed by atoms with van der Waals surface area (Å²) in [5, 5.41) is 5.46. The lowest BCUT2D eigenvalue weighted by Gasteiger charge is -2.37. The van der Waals surface area contributed by atoms with Gasteiger partial charge >= 0.3 is 12.2 Å². The summed E-state index contributed by atoms with van der Waals surface area (Å²) in [6, 6.07) is 3.43. The monoisotopic (exact) mass is 451 g/mol. The van der Waals surface area contributed by atoms with Crippen molar-refractivity contribution in [3.63, 3.8) is 0 Å². The van der Waals surface area contributed by atoms with Crippen LogP contribution in [0.25, 0.3) is 0 Å². The van der Waals surface area contributed by atoms with Gasteiger partial charge in [0.15, 0.2) is 11.8 Å². The van der Waals surface area contributed by atoms with Gasteiger partial charge in [-0.25, -0.2) is 9.78 Å². The van der Waals surface area contributed by atoms with Crippen molar-refractivity contribution in [3.8, 4) is 5.75 Å². The molecule has 2 heterocycles. The minimum Gasteiger partial charge on any atom is -0.479 e. The number of hydrogen-bond donors (Lipinski definition) is 2. The van der Waals surface area contributed by atoms with Crippen LogP contribution in [0.3, 0.4) is 0 Å². The minimum atomic E-state index is -4.66. The average Bonchev–Trinajstić information content (AvgIpc) is 2.66. The first-order valence-corrected chi connectivity index (χ1v) is 9.88. The molecule has 11 heteroatoms. The van der Waals surface area contributed by atoms with Crippen LogP contribution in [0.1, 0.15) is 52.0 Å². The van der Waals surface area contributed by atoms with E-state index >= 15 is 0 Å².